The first kappa shape index (κ1) is 29.0. The van der Waals surface area contributed by atoms with Gasteiger partial charge in [0, 0.05) is 25.6 Å². The zero-order valence-corrected chi connectivity index (χ0v) is 23.8. The van der Waals surface area contributed by atoms with Gasteiger partial charge < -0.3 is 14.4 Å². The van der Waals surface area contributed by atoms with Crippen molar-refractivity contribution in [3.63, 3.8) is 0 Å². The van der Waals surface area contributed by atoms with Crippen molar-refractivity contribution < 1.29 is 28.7 Å². The summed E-state index contributed by atoms with van der Waals surface area (Å²) in [5.74, 6) is -2.96. The first-order chi connectivity index (χ1) is 20.4. The quantitative estimate of drug-likeness (QED) is 0.280. The second kappa shape index (κ2) is 12.6. The summed E-state index contributed by atoms with van der Waals surface area (Å²) >= 11 is 0. The molecule has 0 radical (unpaired) electrons. The number of likely N-dealkylation sites (N-methyl/N-ethyl adjacent to an activating group) is 1. The lowest BCUT2D eigenvalue weighted by molar-refractivity contribution is -0.154. The molecule has 0 aliphatic carbocycles. The number of amides is 3. The van der Waals surface area contributed by atoms with Crippen LogP contribution in [0.1, 0.15) is 18.1 Å². The van der Waals surface area contributed by atoms with Gasteiger partial charge in [0.2, 0.25) is 11.8 Å². The number of nitrogens with zero attached hydrogens (tertiary/aromatic N) is 2. The Bertz CT molecular complexity index is 1420. The van der Waals surface area contributed by atoms with Crippen molar-refractivity contribution in [2.75, 3.05) is 26.8 Å². The molecule has 0 unspecified atom stereocenters. The van der Waals surface area contributed by atoms with Crippen LogP contribution >= 0.6 is 0 Å². The van der Waals surface area contributed by atoms with Crippen LogP contribution in [0.3, 0.4) is 0 Å². The van der Waals surface area contributed by atoms with E-state index < -0.39 is 35.3 Å². The number of methoxy groups -OCH3 is 1. The van der Waals surface area contributed by atoms with Gasteiger partial charge >= 0.3 is 5.97 Å². The van der Waals surface area contributed by atoms with Crippen molar-refractivity contribution in [1.82, 2.24) is 15.1 Å². The van der Waals surface area contributed by atoms with E-state index in [4.69, 9.17) is 9.47 Å². The number of fused-ring (bicyclic) bond motifs is 1. The number of likely N-dealkylation sites (tertiary alicyclic amines) is 1. The number of benzene rings is 3. The molecule has 218 valence electrons. The smallest absolute Gasteiger partial charge is 0.327 e. The first-order valence-corrected chi connectivity index (χ1v) is 14.1. The Balaban J connectivity index is 1.47. The summed E-state index contributed by atoms with van der Waals surface area (Å²) in [5.41, 5.74) is 0.127. The van der Waals surface area contributed by atoms with Crippen LogP contribution in [0.25, 0.3) is 0 Å². The standard InChI is InChI=1S/C33H35N3O6/c1-3-35(27(37)22-42-25-17-11-6-12-18-25)21-26-28-29(31(39)36(30(28)38)20-24-15-9-5-10-16-24)33(34-26,32(40)41-2)19-23-13-7-4-8-14-23/h4-18,26,28-29,34H,3,19-22H2,1-2H3/t26-,28+,29-,33-/m1/s1. The molecule has 0 bridgehead atoms. The van der Waals surface area contributed by atoms with E-state index >= 15 is 0 Å². The van der Waals surface area contributed by atoms with Crippen LogP contribution in [0.5, 0.6) is 5.75 Å². The van der Waals surface area contributed by atoms with E-state index in [2.05, 4.69) is 5.32 Å². The molecule has 2 fully saturated rings. The Morgan fingerprint density at radius 2 is 1.48 bits per heavy atom. The lowest BCUT2D eigenvalue weighted by Gasteiger charge is -2.33. The topological polar surface area (TPSA) is 105 Å². The summed E-state index contributed by atoms with van der Waals surface area (Å²) in [4.78, 5) is 57.8. The van der Waals surface area contributed by atoms with E-state index in [1.807, 2.05) is 85.8 Å². The number of ether oxygens (including phenoxy) is 2. The average molecular weight is 570 g/mol. The molecule has 2 saturated heterocycles. The fourth-order valence-electron chi connectivity index (χ4n) is 6.18. The second-order valence-electron chi connectivity index (χ2n) is 10.7. The highest BCUT2D eigenvalue weighted by Crippen LogP contribution is 2.45. The van der Waals surface area contributed by atoms with Gasteiger partial charge in [-0.2, -0.15) is 0 Å². The van der Waals surface area contributed by atoms with Crippen LogP contribution in [0, 0.1) is 11.8 Å². The van der Waals surface area contributed by atoms with Gasteiger partial charge in [0.1, 0.15) is 11.3 Å². The highest BCUT2D eigenvalue weighted by molar-refractivity contribution is 6.09. The molecule has 2 heterocycles. The number of nitrogens with one attached hydrogen (secondary N) is 1. The predicted molar refractivity (Wildman–Crippen MR) is 155 cm³/mol. The SMILES string of the molecule is CCN(C[C@H]1N[C@@](Cc2ccccc2)(C(=O)OC)[C@H]2C(=O)N(Cc3ccccc3)C(=O)[C@@H]12)C(=O)COc1ccccc1. The molecule has 1 N–H and O–H groups in total. The number of rotatable bonds is 11. The summed E-state index contributed by atoms with van der Waals surface area (Å²) in [7, 11) is 1.28. The normalized spacial score (nSPS) is 23.0. The van der Waals surface area contributed by atoms with Crippen molar-refractivity contribution in [3.05, 3.63) is 102 Å². The molecule has 3 amide bonds. The Morgan fingerprint density at radius 1 is 0.881 bits per heavy atom. The van der Waals surface area contributed by atoms with Crippen LogP contribution in [0.15, 0.2) is 91.0 Å². The highest BCUT2D eigenvalue weighted by Gasteiger charge is 2.68. The number of carbonyl (C=O) groups is 4. The van der Waals surface area contributed by atoms with Gasteiger partial charge in [-0.3, -0.25) is 29.4 Å². The van der Waals surface area contributed by atoms with Crippen LogP contribution in [0.2, 0.25) is 0 Å². The third kappa shape index (κ3) is 5.65. The highest BCUT2D eigenvalue weighted by atomic mass is 16.5. The van der Waals surface area contributed by atoms with Gasteiger partial charge in [-0.1, -0.05) is 78.9 Å². The third-order valence-electron chi connectivity index (χ3n) is 8.17. The Kier molecular flexibility index (Phi) is 8.68. The summed E-state index contributed by atoms with van der Waals surface area (Å²) in [6, 6.07) is 27.0. The molecular formula is C33H35N3O6. The van der Waals surface area contributed by atoms with Crippen molar-refractivity contribution in [2.24, 2.45) is 11.8 Å². The van der Waals surface area contributed by atoms with Crippen LogP contribution in [0.4, 0.5) is 0 Å². The van der Waals surface area contributed by atoms with Gasteiger partial charge in [-0.15, -0.1) is 0 Å². The molecule has 9 nitrogen and oxygen atoms in total. The van der Waals surface area contributed by atoms with E-state index in [0.717, 1.165) is 11.1 Å². The van der Waals surface area contributed by atoms with Gasteiger partial charge in [-0.25, -0.2) is 0 Å². The molecule has 2 aliphatic heterocycles. The molecular weight excluding hydrogens is 534 g/mol. The van der Waals surface area contributed by atoms with E-state index in [-0.39, 0.29) is 37.9 Å². The summed E-state index contributed by atoms with van der Waals surface area (Å²) < 4.78 is 11.0. The van der Waals surface area contributed by atoms with Crippen molar-refractivity contribution >= 4 is 23.7 Å². The number of esters is 1. The number of para-hydroxylation sites is 1. The average Bonchev–Trinajstić information content (AvgIpc) is 3.48. The largest absolute Gasteiger partial charge is 0.484 e. The maximum absolute atomic E-state index is 14.1. The molecule has 0 saturated carbocycles. The minimum Gasteiger partial charge on any atom is -0.484 e. The van der Waals surface area contributed by atoms with Crippen molar-refractivity contribution in [3.8, 4) is 5.75 Å². The fourth-order valence-corrected chi connectivity index (χ4v) is 6.18. The molecule has 4 atom stereocenters. The molecule has 0 aromatic heterocycles. The van der Waals surface area contributed by atoms with Crippen LogP contribution in [-0.4, -0.2) is 71.9 Å². The molecule has 3 aromatic rings. The van der Waals surface area contributed by atoms with Gasteiger partial charge in [0.15, 0.2) is 6.61 Å². The van der Waals surface area contributed by atoms with E-state index in [1.54, 1.807) is 17.0 Å². The van der Waals surface area contributed by atoms with Gasteiger partial charge in [-0.05, 0) is 30.2 Å². The number of imide groups is 1. The van der Waals surface area contributed by atoms with Gasteiger partial charge in [0.05, 0.1) is 25.5 Å². The number of carbonyl (C=O) groups excluding carboxylic acids is 4. The summed E-state index contributed by atoms with van der Waals surface area (Å²) in [6.07, 6.45) is 0.146. The zero-order chi connectivity index (χ0) is 29.7. The predicted octanol–water partition coefficient (Wildman–Crippen LogP) is 2.84. The third-order valence-corrected chi connectivity index (χ3v) is 8.17. The second-order valence-corrected chi connectivity index (χ2v) is 10.7. The summed E-state index contributed by atoms with van der Waals surface area (Å²) in [5, 5.41) is 3.37. The molecule has 42 heavy (non-hydrogen) atoms. The van der Waals surface area contributed by atoms with Crippen LogP contribution in [-0.2, 0) is 36.9 Å². The van der Waals surface area contributed by atoms with Crippen molar-refractivity contribution in [2.45, 2.75) is 31.5 Å². The molecule has 0 spiro atoms. The van der Waals surface area contributed by atoms with Gasteiger partial charge in [0.25, 0.3) is 5.91 Å². The summed E-state index contributed by atoms with van der Waals surface area (Å²) in [6.45, 7) is 2.22. The number of hydrogen-bond donors (Lipinski definition) is 1. The minimum absolute atomic E-state index is 0.0994. The fraction of sp³-hybridized carbons (Fsp3) is 0.333. The Morgan fingerprint density at radius 3 is 2.07 bits per heavy atom. The maximum atomic E-state index is 14.1. The minimum atomic E-state index is -1.49. The first-order valence-electron chi connectivity index (χ1n) is 14.1. The molecule has 9 heteroatoms. The van der Waals surface area contributed by atoms with Crippen LogP contribution < -0.4 is 10.1 Å². The lowest BCUT2D eigenvalue weighted by Crippen LogP contribution is -2.60. The van der Waals surface area contributed by atoms with E-state index in [1.165, 1.54) is 12.0 Å². The van der Waals surface area contributed by atoms with E-state index in [0.29, 0.717) is 12.3 Å². The number of hydrogen-bond acceptors (Lipinski definition) is 7. The molecule has 5 rings (SSSR count). The van der Waals surface area contributed by atoms with Crippen molar-refractivity contribution in [1.29, 1.82) is 0 Å². The Labute approximate surface area is 245 Å². The Hall–Kier alpha value is -4.50. The molecule has 2 aliphatic rings. The maximum Gasteiger partial charge on any atom is 0.327 e. The zero-order valence-electron chi connectivity index (χ0n) is 23.8. The van der Waals surface area contributed by atoms with E-state index in [9.17, 15) is 19.2 Å². The monoisotopic (exact) mass is 569 g/mol. The lowest BCUT2D eigenvalue weighted by atomic mass is 9.76. The molecule has 3 aromatic carbocycles.